The van der Waals surface area contributed by atoms with E-state index in [0.29, 0.717) is 12.3 Å². The minimum atomic E-state index is 0.0812. The van der Waals surface area contributed by atoms with Crippen LogP contribution in [0.4, 0.5) is 5.13 Å². The molecule has 0 aliphatic heterocycles. The number of carbonyl (C=O) groups excluding carboxylic acids is 1. The predicted molar refractivity (Wildman–Crippen MR) is 135 cm³/mol. The molecule has 1 heterocycles. The van der Waals surface area contributed by atoms with E-state index >= 15 is 0 Å². The van der Waals surface area contributed by atoms with Crippen LogP contribution in [0.5, 0.6) is 5.75 Å². The van der Waals surface area contributed by atoms with E-state index in [1.54, 1.807) is 42.0 Å². The summed E-state index contributed by atoms with van der Waals surface area (Å²) in [6.07, 6.45) is 2.06. The maximum atomic E-state index is 13.3. The molecule has 31 heavy (non-hydrogen) atoms. The standard InChI is InChI=1S/C23H29N3O2S3/c1-5-25(6-2)14-15-26(21(27)16-30-18-12-10-17(28-3)11-13-18)23-24-22-19(29-4)8-7-9-20(22)31-23/h7-13H,5-6,14-16H2,1-4H3. The lowest BCUT2D eigenvalue weighted by atomic mass is 10.3. The molecule has 0 aliphatic rings. The third-order valence-electron chi connectivity index (χ3n) is 5.08. The summed E-state index contributed by atoms with van der Waals surface area (Å²) in [5.74, 6) is 1.27. The quantitative estimate of drug-likeness (QED) is 0.342. The van der Waals surface area contributed by atoms with Crippen LogP contribution < -0.4 is 9.64 Å². The molecule has 0 saturated carbocycles. The summed E-state index contributed by atoms with van der Waals surface area (Å²) >= 11 is 4.82. The number of para-hydroxylation sites is 1. The zero-order chi connectivity index (χ0) is 22.2. The summed E-state index contributed by atoms with van der Waals surface area (Å²) in [5, 5.41) is 0.781. The van der Waals surface area contributed by atoms with Gasteiger partial charge in [-0.3, -0.25) is 9.69 Å². The van der Waals surface area contributed by atoms with Crippen LogP contribution in [0.3, 0.4) is 0 Å². The van der Waals surface area contributed by atoms with Crippen molar-refractivity contribution in [1.29, 1.82) is 0 Å². The fourth-order valence-corrected chi connectivity index (χ4v) is 5.63. The fraction of sp³-hybridized carbons (Fsp3) is 0.391. The first-order valence-electron chi connectivity index (χ1n) is 10.3. The maximum absolute atomic E-state index is 13.3. The van der Waals surface area contributed by atoms with Crippen LogP contribution in [0.25, 0.3) is 10.2 Å². The molecule has 0 radical (unpaired) electrons. The number of likely N-dealkylation sites (N-methyl/N-ethyl adjacent to an activating group) is 1. The van der Waals surface area contributed by atoms with Gasteiger partial charge in [0.25, 0.3) is 0 Å². The van der Waals surface area contributed by atoms with Gasteiger partial charge in [0, 0.05) is 22.9 Å². The third-order valence-corrected chi connectivity index (χ3v) is 7.89. The first kappa shape index (κ1) is 23.9. The van der Waals surface area contributed by atoms with Gasteiger partial charge in [0.1, 0.15) is 5.75 Å². The minimum absolute atomic E-state index is 0.0812. The van der Waals surface area contributed by atoms with Crippen molar-refractivity contribution in [2.24, 2.45) is 0 Å². The monoisotopic (exact) mass is 475 g/mol. The summed E-state index contributed by atoms with van der Waals surface area (Å²) in [4.78, 5) is 24.5. The Labute approximate surface area is 197 Å². The lowest BCUT2D eigenvalue weighted by Crippen LogP contribution is -2.39. The van der Waals surface area contributed by atoms with Crippen LogP contribution in [0, 0.1) is 0 Å². The number of amides is 1. The van der Waals surface area contributed by atoms with Crippen molar-refractivity contribution in [3.63, 3.8) is 0 Å². The highest BCUT2D eigenvalue weighted by atomic mass is 32.2. The molecule has 0 N–H and O–H groups in total. The Morgan fingerprint density at radius 1 is 1.10 bits per heavy atom. The van der Waals surface area contributed by atoms with E-state index in [2.05, 4.69) is 43.2 Å². The van der Waals surface area contributed by atoms with Gasteiger partial charge < -0.3 is 9.64 Å². The van der Waals surface area contributed by atoms with Crippen molar-refractivity contribution in [1.82, 2.24) is 9.88 Å². The van der Waals surface area contributed by atoms with Crippen molar-refractivity contribution in [2.45, 2.75) is 23.6 Å². The van der Waals surface area contributed by atoms with E-state index < -0.39 is 0 Å². The molecule has 2 aromatic carbocycles. The smallest absolute Gasteiger partial charge is 0.239 e. The number of methoxy groups -OCH3 is 1. The Morgan fingerprint density at radius 2 is 1.84 bits per heavy atom. The van der Waals surface area contributed by atoms with Crippen LogP contribution in [-0.4, -0.2) is 61.1 Å². The van der Waals surface area contributed by atoms with E-state index in [9.17, 15) is 4.79 Å². The van der Waals surface area contributed by atoms with Crippen molar-refractivity contribution in [3.8, 4) is 5.75 Å². The number of rotatable bonds is 11. The molecule has 5 nitrogen and oxygen atoms in total. The second-order valence-electron chi connectivity index (χ2n) is 6.84. The zero-order valence-corrected chi connectivity index (χ0v) is 20.9. The van der Waals surface area contributed by atoms with Crippen LogP contribution >= 0.6 is 34.9 Å². The van der Waals surface area contributed by atoms with E-state index in [1.165, 1.54) is 0 Å². The number of ether oxygens (including phenoxy) is 1. The minimum Gasteiger partial charge on any atom is -0.497 e. The van der Waals surface area contributed by atoms with E-state index in [0.717, 1.165) is 50.5 Å². The van der Waals surface area contributed by atoms with Gasteiger partial charge >= 0.3 is 0 Å². The maximum Gasteiger partial charge on any atom is 0.239 e. The van der Waals surface area contributed by atoms with Gasteiger partial charge in [-0.05, 0) is 55.7 Å². The molecule has 0 unspecified atom stereocenters. The molecule has 0 bridgehead atoms. The molecule has 0 aliphatic carbocycles. The predicted octanol–water partition coefficient (Wildman–Crippen LogP) is 5.49. The average Bonchev–Trinajstić information content (AvgIpc) is 3.24. The lowest BCUT2D eigenvalue weighted by molar-refractivity contribution is -0.116. The average molecular weight is 476 g/mol. The Hall–Kier alpha value is -1.74. The summed E-state index contributed by atoms with van der Waals surface area (Å²) in [6.45, 7) is 7.70. The van der Waals surface area contributed by atoms with Crippen LogP contribution in [0.15, 0.2) is 52.3 Å². The Morgan fingerprint density at radius 3 is 2.48 bits per heavy atom. The number of benzene rings is 2. The van der Waals surface area contributed by atoms with Gasteiger partial charge in [-0.1, -0.05) is 31.3 Å². The Balaban J connectivity index is 1.80. The van der Waals surface area contributed by atoms with Gasteiger partial charge in [0.05, 0.1) is 23.1 Å². The number of aromatic nitrogens is 1. The highest BCUT2D eigenvalue weighted by Gasteiger charge is 2.21. The number of fused-ring (bicyclic) bond motifs is 1. The second-order valence-corrected chi connectivity index (χ2v) is 9.75. The summed E-state index contributed by atoms with van der Waals surface area (Å²) in [5.41, 5.74) is 0.985. The molecule has 0 saturated heterocycles. The van der Waals surface area contributed by atoms with E-state index in [-0.39, 0.29) is 5.91 Å². The van der Waals surface area contributed by atoms with E-state index in [4.69, 9.17) is 9.72 Å². The van der Waals surface area contributed by atoms with Crippen LogP contribution in [0.1, 0.15) is 13.8 Å². The number of anilines is 1. The van der Waals surface area contributed by atoms with Gasteiger partial charge in [0.2, 0.25) is 5.91 Å². The number of hydrogen-bond acceptors (Lipinski definition) is 7. The number of hydrogen-bond donors (Lipinski definition) is 0. The molecule has 8 heteroatoms. The number of carbonyl (C=O) groups is 1. The molecule has 1 amide bonds. The Bertz CT molecular complexity index is 987. The molecule has 3 aromatic rings. The molecular weight excluding hydrogens is 446 g/mol. The molecule has 0 atom stereocenters. The molecule has 3 rings (SSSR count). The largest absolute Gasteiger partial charge is 0.497 e. The lowest BCUT2D eigenvalue weighted by Gasteiger charge is -2.24. The number of nitrogens with zero attached hydrogens (tertiary/aromatic N) is 3. The van der Waals surface area contributed by atoms with Gasteiger partial charge in [-0.15, -0.1) is 23.5 Å². The Kier molecular flexibility index (Phi) is 9.07. The highest BCUT2D eigenvalue weighted by molar-refractivity contribution is 8.00. The van der Waals surface area contributed by atoms with Crippen LogP contribution in [0.2, 0.25) is 0 Å². The van der Waals surface area contributed by atoms with Crippen molar-refractivity contribution in [2.75, 3.05) is 50.2 Å². The van der Waals surface area contributed by atoms with Gasteiger partial charge in [0.15, 0.2) is 5.13 Å². The SMILES string of the molecule is CCN(CC)CCN(C(=O)CSc1ccc(OC)cc1)c1nc2c(SC)cccc2s1. The normalized spacial score (nSPS) is 11.3. The third kappa shape index (κ3) is 6.16. The first-order chi connectivity index (χ1) is 15.1. The molecule has 166 valence electrons. The van der Waals surface area contributed by atoms with Crippen molar-refractivity contribution >= 4 is 56.1 Å². The first-order valence-corrected chi connectivity index (χ1v) is 13.3. The van der Waals surface area contributed by atoms with E-state index in [1.807, 2.05) is 29.2 Å². The zero-order valence-electron chi connectivity index (χ0n) is 18.5. The summed E-state index contributed by atoms with van der Waals surface area (Å²) in [6, 6.07) is 14.0. The summed E-state index contributed by atoms with van der Waals surface area (Å²) < 4.78 is 6.33. The highest BCUT2D eigenvalue weighted by Crippen LogP contribution is 2.34. The molecule has 1 aromatic heterocycles. The molecule has 0 fully saturated rings. The molecular formula is C23H29N3O2S3. The van der Waals surface area contributed by atoms with Gasteiger partial charge in [-0.2, -0.15) is 0 Å². The molecule has 0 spiro atoms. The van der Waals surface area contributed by atoms with Crippen molar-refractivity contribution < 1.29 is 9.53 Å². The second kappa shape index (κ2) is 11.8. The number of thiazole rings is 1. The number of thioether (sulfide) groups is 2. The van der Waals surface area contributed by atoms with Crippen LogP contribution in [-0.2, 0) is 4.79 Å². The van der Waals surface area contributed by atoms with Gasteiger partial charge in [-0.25, -0.2) is 4.98 Å². The fourth-order valence-electron chi connectivity index (χ4n) is 3.19. The summed E-state index contributed by atoms with van der Waals surface area (Å²) in [7, 11) is 1.65. The van der Waals surface area contributed by atoms with Crippen molar-refractivity contribution in [3.05, 3.63) is 42.5 Å². The topological polar surface area (TPSA) is 45.7 Å².